The first kappa shape index (κ1) is 19.1. The van der Waals surface area contributed by atoms with Crippen LogP contribution in [-0.4, -0.2) is 23.3 Å². The number of hydrogen-bond donors (Lipinski definition) is 1. The molecule has 0 atom stereocenters. The maximum atomic E-state index is 12.8. The van der Waals surface area contributed by atoms with Gasteiger partial charge in [0.1, 0.15) is 0 Å². The molecule has 2 aromatic carbocycles. The molecule has 150 valence electrons. The number of nitro benzene ring substituents is 1. The van der Waals surface area contributed by atoms with Crippen LogP contribution in [0.1, 0.15) is 47.2 Å². The van der Waals surface area contributed by atoms with Gasteiger partial charge in [-0.05, 0) is 56.0 Å². The van der Waals surface area contributed by atoms with Crippen molar-refractivity contribution >= 4 is 28.9 Å². The molecule has 0 aromatic heterocycles. The van der Waals surface area contributed by atoms with Crippen LogP contribution in [0.25, 0.3) is 0 Å². The van der Waals surface area contributed by atoms with Crippen molar-refractivity contribution in [2.45, 2.75) is 39.0 Å². The quantitative estimate of drug-likeness (QED) is 0.621. The van der Waals surface area contributed by atoms with E-state index in [0.717, 1.165) is 43.4 Å². The molecule has 0 radical (unpaired) electrons. The summed E-state index contributed by atoms with van der Waals surface area (Å²) in [6.45, 7) is 2.31. The summed E-state index contributed by atoms with van der Waals surface area (Å²) in [5.74, 6) is -0.0485. The van der Waals surface area contributed by atoms with Crippen LogP contribution in [0.2, 0.25) is 0 Å². The summed E-state index contributed by atoms with van der Waals surface area (Å²) in [5.41, 5.74) is 3.24. The summed E-state index contributed by atoms with van der Waals surface area (Å²) >= 11 is 0. The monoisotopic (exact) mass is 393 g/mol. The molecule has 2 amide bonds. The summed E-state index contributed by atoms with van der Waals surface area (Å²) in [7, 11) is 0. The number of nitrogens with zero attached hydrogens (tertiary/aromatic N) is 2. The third-order valence-electron chi connectivity index (χ3n) is 5.87. The Kier molecular flexibility index (Phi) is 5.05. The summed E-state index contributed by atoms with van der Waals surface area (Å²) < 4.78 is 0. The van der Waals surface area contributed by atoms with Crippen LogP contribution in [0.5, 0.6) is 0 Å². The highest BCUT2D eigenvalue weighted by molar-refractivity contribution is 6.05. The molecular formula is C22H23N3O4. The third kappa shape index (κ3) is 3.72. The number of hydrogen-bond acceptors (Lipinski definition) is 4. The van der Waals surface area contributed by atoms with Crippen molar-refractivity contribution < 1.29 is 14.5 Å². The molecule has 1 aliphatic heterocycles. The second-order valence-corrected chi connectivity index (χ2v) is 7.78. The van der Waals surface area contributed by atoms with Crippen LogP contribution in [0.15, 0.2) is 36.4 Å². The van der Waals surface area contributed by atoms with Crippen molar-refractivity contribution in [2.24, 2.45) is 5.92 Å². The second kappa shape index (κ2) is 7.66. The lowest BCUT2D eigenvalue weighted by atomic mass is 10.1. The highest BCUT2D eigenvalue weighted by Gasteiger charge is 2.31. The van der Waals surface area contributed by atoms with Gasteiger partial charge in [0.2, 0.25) is 5.91 Å². The molecule has 1 aliphatic carbocycles. The van der Waals surface area contributed by atoms with Gasteiger partial charge in [-0.1, -0.05) is 18.9 Å². The SMILES string of the molecule is Cc1ccc(C(=O)Nc2ccc3c(c2)CCN3C(=O)C2CCCC2)cc1[N+](=O)[O-]. The topological polar surface area (TPSA) is 92.6 Å². The zero-order valence-corrected chi connectivity index (χ0v) is 16.3. The van der Waals surface area contributed by atoms with Gasteiger partial charge < -0.3 is 10.2 Å². The van der Waals surface area contributed by atoms with Gasteiger partial charge in [0, 0.05) is 41.0 Å². The Morgan fingerprint density at radius 3 is 2.62 bits per heavy atom. The molecule has 2 aromatic rings. The van der Waals surface area contributed by atoms with Crippen molar-refractivity contribution in [3.05, 3.63) is 63.2 Å². The number of carbonyl (C=O) groups is 2. The Balaban J connectivity index is 1.50. The van der Waals surface area contributed by atoms with Gasteiger partial charge >= 0.3 is 0 Å². The van der Waals surface area contributed by atoms with Crippen LogP contribution < -0.4 is 10.2 Å². The summed E-state index contributed by atoms with van der Waals surface area (Å²) in [5, 5.41) is 13.9. The number of fused-ring (bicyclic) bond motifs is 1. The van der Waals surface area contributed by atoms with E-state index in [1.54, 1.807) is 25.1 Å². The first-order chi connectivity index (χ1) is 13.9. The van der Waals surface area contributed by atoms with Crippen LogP contribution in [0.3, 0.4) is 0 Å². The number of nitrogens with one attached hydrogen (secondary N) is 1. The lowest BCUT2D eigenvalue weighted by molar-refractivity contribution is -0.385. The van der Waals surface area contributed by atoms with Crippen molar-refractivity contribution in [1.29, 1.82) is 0 Å². The number of benzene rings is 2. The Morgan fingerprint density at radius 2 is 1.90 bits per heavy atom. The molecule has 1 N–H and O–H groups in total. The zero-order chi connectivity index (χ0) is 20.5. The Morgan fingerprint density at radius 1 is 1.14 bits per heavy atom. The first-order valence-corrected chi connectivity index (χ1v) is 9.95. The lowest BCUT2D eigenvalue weighted by Gasteiger charge is -2.21. The molecule has 7 nitrogen and oxygen atoms in total. The van der Waals surface area contributed by atoms with E-state index >= 15 is 0 Å². The van der Waals surface area contributed by atoms with Crippen LogP contribution >= 0.6 is 0 Å². The average molecular weight is 393 g/mol. The average Bonchev–Trinajstić information content (AvgIpc) is 3.37. The number of amides is 2. The number of nitro groups is 1. The minimum absolute atomic E-state index is 0.0762. The third-order valence-corrected chi connectivity index (χ3v) is 5.87. The number of anilines is 2. The van der Waals surface area contributed by atoms with E-state index < -0.39 is 10.8 Å². The molecule has 1 fully saturated rings. The molecule has 4 rings (SSSR count). The van der Waals surface area contributed by atoms with Gasteiger partial charge in [0.05, 0.1) is 4.92 Å². The number of rotatable bonds is 4. The Labute approximate surface area is 168 Å². The Bertz CT molecular complexity index is 996. The van der Waals surface area contributed by atoms with Crippen molar-refractivity contribution in [3.8, 4) is 0 Å². The molecule has 0 bridgehead atoms. The number of carbonyl (C=O) groups excluding carboxylic acids is 2. The fourth-order valence-corrected chi connectivity index (χ4v) is 4.25. The predicted molar refractivity (Wildman–Crippen MR) is 110 cm³/mol. The highest BCUT2D eigenvalue weighted by Crippen LogP contribution is 2.35. The standard InChI is InChI=1S/C22H23N3O4/c1-14-6-7-17(13-20(14)25(28)29)21(26)23-18-8-9-19-16(12-18)10-11-24(19)22(27)15-4-2-3-5-15/h6-9,12-13,15H,2-5,10-11H2,1H3,(H,23,26). The molecule has 2 aliphatic rings. The largest absolute Gasteiger partial charge is 0.322 e. The van der Waals surface area contributed by atoms with E-state index in [2.05, 4.69) is 5.32 Å². The molecule has 7 heteroatoms. The van der Waals surface area contributed by atoms with Crippen LogP contribution in [0.4, 0.5) is 17.1 Å². The summed E-state index contributed by atoms with van der Waals surface area (Å²) in [6, 6.07) is 9.98. The van der Waals surface area contributed by atoms with Gasteiger partial charge in [-0.3, -0.25) is 19.7 Å². The summed E-state index contributed by atoms with van der Waals surface area (Å²) in [6.07, 6.45) is 4.95. The minimum atomic E-state index is -0.489. The van der Waals surface area contributed by atoms with Gasteiger partial charge in [0.25, 0.3) is 11.6 Å². The fourth-order valence-electron chi connectivity index (χ4n) is 4.25. The van der Waals surface area contributed by atoms with Gasteiger partial charge in [-0.2, -0.15) is 0 Å². The van der Waals surface area contributed by atoms with E-state index in [4.69, 9.17) is 0 Å². The maximum Gasteiger partial charge on any atom is 0.273 e. The smallest absolute Gasteiger partial charge is 0.273 e. The van der Waals surface area contributed by atoms with E-state index in [9.17, 15) is 19.7 Å². The molecule has 1 saturated carbocycles. The van der Waals surface area contributed by atoms with E-state index in [1.807, 2.05) is 17.0 Å². The highest BCUT2D eigenvalue weighted by atomic mass is 16.6. The zero-order valence-electron chi connectivity index (χ0n) is 16.3. The maximum absolute atomic E-state index is 12.8. The fraction of sp³-hybridized carbons (Fsp3) is 0.364. The van der Waals surface area contributed by atoms with Gasteiger partial charge in [-0.25, -0.2) is 0 Å². The van der Waals surface area contributed by atoms with Crippen molar-refractivity contribution in [2.75, 3.05) is 16.8 Å². The van der Waals surface area contributed by atoms with E-state index in [0.29, 0.717) is 17.8 Å². The van der Waals surface area contributed by atoms with Gasteiger partial charge in [0.15, 0.2) is 0 Å². The van der Waals surface area contributed by atoms with Crippen LogP contribution in [-0.2, 0) is 11.2 Å². The van der Waals surface area contributed by atoms with Crippen LogP contribution in [0, 0.1) is 23.0 Å². The normalized spacial score (nSPS) is 16.0. The van der Waals surface area contributed by atoms with E-state index in [-0.39, 0.29) is 23.1 Å². The van der Waals surface area contributed by atoms with Gasteiger partial charge in [-0.15, -0.1) is 0 Å². The molecule has 0 spiro atoms. The summed E-state index contributed by atoms with van der Waals surface area (Å²) in [4.78, 5) is 37.8. The predicted octanol–water partition coefficient (Wildman–Crippen LogP) is 4.23. The molecular weight excluding hydrogens is 370 g/mol. The Hall–Kier alpha value is -3.22. The number of aryl methyl sites for hydroxylation is 1. The lowest BCUT2D eigenvalue weighted by Crippen LogP contribution is -2.33. The first-order valence-electron chi connectivity index (χ1n) is 9.95. The van der Waals surface area contributed by atoms with E-state index in [1.165, 1.54) is 6.07 Å². The second-order valence-electron chi connectivity index (χ2n) is 7.78. The van der Waals surface area contributed by atoms with Crippen molar-refractivity contribution in [1.82, 2.24) is 0 Å². The van der Waals surface area contributed by atoms with Crippen molar-refractivity contribution in [3.63, 3.8) is 0 Å². The molecule has 0 saturated heterocycles. The molecule has 29 heavy (non-hydrogen) atoms. The molecule has 0 unspecified atom stereocenters. The molecule has 1 heterocycles. The minimum Gasteiger partial charge on any atom is -0.322 e.